The number of nitrogens with zero attached hydrogens (tertiary/aromatic N) is 3. The third-order valence-electron chi connectivity index (χ3n) is 6.32. The van der Waals surface area contributed by atoms with Gasteiger partial charge >= 0.3 is 0 Å². The Balaban J connectivity index is 1.55. The highest BCUT2D eigenvalue weighted by Crippen LogP contribution is 2.31. The van der Waals surface area contributed by atoms with Crippen LogP contribution in [0.1, 0.15) is 30.9 Å². The van der Waals surface area contributed by atoms with E-state index in [2.05, 4.69) is 11.8 Å². The van der Waals surface area contributed by atoms with Crippen LogP contribution >= 0.6 is 0 Å². The second-order valence-corrected chi connectivity index (χ2v) is 10.4. The number of hydrogen-bond donors (Lipinski definition) is 0. The number of anilines is 1. The first kappa shape index (κ1) is 23.9. The van der Waals surface area contributed by atoms with Crippen LogP contribution in [-0.4, -0.2) is 37.4 Å². The van der Waals surface area contributed by atoms with Crippen molar-refractivity contribution < 1.29 is 13.3 Å². The minimum absolute atomic E-state index is 0.0861. The van der Waals surface area contributed by atoms with Crippen molar-refractivity contribution in [2.45, 2.75) is 43.7 Å². The van der Waals surface area contributed by atoms with Gasteiger partial charge in [0.25, 0.3) is 15.7 Å². The summed E-state index contributed by atoms with van der Waals surface area (Å²) in [5.74, 6) is 0. The number of hydrogen-bond acceptors (Lipinski definition) is 5. The first-order chi connectivity index (χ1) is 16.4. The van der Waals surface area contributed by atoms with Crippen molar-refractivity contribution >= 4 is 21.4 Å². The molecule has 3 aromatic carbocycles. The Morgan fingerprint density at radius 3 is 2.24 bits per heavy atom. The highest BCUT2D eigenvalue weighted by molar-refractivity contribution is 7.92. The van der Waals surface area contributed by atoms with E-state index in [1.54, 1.807) is 40.7 Å². The van der Waals surface area contributed by atoms with Gasteiger partial charge in [0, 0.05) is 37.8 Å². The van der Waals surface area contributed by atoms with Crippen LogP contribution in [0.2, 0.25) is 0 Å². The van der Waals surface area contributed by atoms with E-state index >= 15 is 0 Å². The average molecular weight is 480 g/mol. The molecule has 0 N–H and O–H groups in total. The summed E-state index contributed by atoms with van der Waals surface area (Å²) in [6, 6.07) is 22.9. The summed E-state index contributed by atoms with van der Waals surface area (Å²) in [4.78, 5) is 13.2. The molecule has 3 aromatic rings. The lowest BCUT2D eigenvalue weighted by molar-refractivity contribution is -0.384. The zero-order chi connectivity index (χ0) is 24.1. The van der Waals surface area contributed by atoms with E-state index in [-0.39, 0.29) is 21.5 Å². The maximum Gasteiger partial charge on any atom is 0.269 e. The monoisotopic (exact) mass is 479 g/mol. The summed E-state index contributed by atoms with van der Waals surface area (Å²) >= 11 is 0. The molecule has 1 fully saturated rings. The molecule has 7 nitrogen and oxygen atoms in total. The molecular weight excluding hydrogens is 450 g/mol. The van der Waals surface area contributed by atoms with Crippen molar-refractivity contribution in [2.24, 2.45) is 0 Å². The lowest BCUT2D eigenvalue weighted by atomic mass is 10.0. The van der Waals surface area contributed by atoms with Gasteiger partial charge in [0.05, 0.1) is 15.5 Å². The predicted molar refractivity (Wildman–Crippen MR) is 133 cm³/mol. The lowest BCUT2D eigenvalue weighted by Crippen LogP contribution is -2.47. The van der Waals surface area contributed by atoms with Crippen LogP contribution in [-0.2, 0) is 23.0 Å². The number of nitro benzene ring substituents is 1. The highest BCUT2D eigenvalue weighted by atomic mass is 32.2. The first-order valence-electron chi connectivity index (χ1n) is 11.5. The minimum Gasteiger partial charge on any atom is -0.299 e. The maximum atomic E-state index is 13.7. The van der Waals surface area contributed by atoms with E-state index in [9.17, 15) is 18.5 Å². The Morgan fingerprint density at radius 1 is 0.941 bits per heavy atom. The van der Waals surface area contributed by atoms with Gasteiger partial charge in [0.15, 0.2) is 0 Å². The SMILES string of the molecule is CCc1ccc(N(C2CCN(Cc3cccc([N+](=O)[O-])c3)CC2)S(=O)(=O)c2ccccc2)cc1. The number of piperidine rings is 1. The highest BCUT2D eigenvalue weighted by Gasteiger charge is 2.34. The van der Waals surface area contributed by atoms with Gasteiger partial charge in [-0.05, 0) is 54.7 Å². The van der Waals surface area contributed by atoms with E-state index in [4.69, 9.17) is 0 Å². The molecule has 34 heavy (non-hydrogen) atoms. The maximum absolute atomic E-state index is 13.7. The lowest BCUT2D eigenvalue weighted by Gasteiger charge is -2.39. The van der Waals surface area contributed by atoms with E-state index in [0.29, 0.717) is 38.2 Å². The minimum atomic E-state index is -3.72. The van der Waals surface area contributed by atoms with Gasteiger partial charge in [-0.15, -0.1) is 0 Å². The molecule has 0 spiro atoms. The Hall–Kier alpha value is -3.23. The molecule has 0 aromatic heterocycles. The summed E-state index contributed by atoms with van der Waals surface area (Å²) < 4.78 is 29.0. The molecule has 4 rings (SSSR count). The summed E-state index contributed by atoms with van der Waals surface area (Å²) in [6.07, 6.45) is 2.24. The first-order valence-corrected chi connectivity index (χ1v) is 13.0. The third kappa shape index (κ3) is 5.29. The molecule has 0 aliphatic carbocycles. The number of benzene rings is 3. The second-order valence-electron chi connectivity index (χ2n) is 8.57. The third-order valence-corrected chi connectivity index (χ3v) is 8.21. The second kappa shape index (κ2) is 10.4. The van der Waals surface area contributed by atoms with Crippen LogP contribution in [0.3, 0.4) is 0 Å². The number of likely N-dealkylation sites (tertiary alicyclic amines) is 1. The molecule has 0 bridgehead atoms. The Bertz CT molecular complexity index is 1220. The fraction of sp³-hybridized carbons (Fsp3) is 0.308. The van der Waals surface area contributed by atoms with Crippen molar-refractivity contribution in [3.05, 3.63) is 100 Å². The largest absolute Gasteiger partial charge is 0.299 e. The smallest absolute Gasteiger partial charge is 0.269 e. The van der Waals surface area contributed by atoms with Crippen LogP contribution in [0, 0.1) is 10.1 Å². The van der Waals surface area contributed by atoms with Crippen molar-refractivity contribution in [1.82, 2.24) is 4.90 Å². The summed E-state index contributed by atoms with van der Waals surface area (Å²) in [6.45, 7) is 4.10. The van der Waals surface area contributed by atoms with Crippen LogP contribution in [0.15, 0.2) is 83.8 Å². The van der Waals surface area contributed by atoms with Gasteiger partial charge in [-0.1, -0.05) is 49.4 Å². The van der Waals surface area contributed by atoms with Gasteiger partial charge in [-0.2, -0.15) is 0 Å². The zero-order valence-electron chi connectivity index (χ0n) is 19.2. The number of rotatable bonds is 8. The van der Waals surface area contributed by atoms with Gasteiger partial charge in [0.1, 0.15) is 0 Å². The average Bonchev–Trinajstić information content (AvgIpc) is 2.86. The molecule has 1 aliphatic rings. The van der Waals surface area contributed by atoms with Crippen molar-refractivity contribution in [1.29, 1.82) is 0 Å². The number of non-ortho nitro benzene ring substituents is 1. The molecule has 0 amide bonds. The van der Waals surface area contributed by atoms with Crippen molar-refractivity contribution in [3.63, 3.8) is 0 Å². The molecule has 1 aliphatic heterocycles. The van der Waals surface area contributed by atoms with Gasteiger partial charge in [0.2, 0.25) is 0 Å². The molecule has 0 saturated carbocycles. The molecule has 1 saturated heterocycles. The van der Waals surface area contributed by atoms with Crippen LogP contribution in [0.5, 0.6) is 0 Å². The molecule has 178 valence electrons. The zero-order valence-corrected chi connectivity index (χ0v) is 20.0. The van der Waals surface area contributed by atoms with Crippen LogP contribution < -0.4 is 4.31 Å². The fourth-order valence-corrected chi connectivity index (χ4v) is 6.20. The van der Waals surface area contributed by atoms with Crippen molar-refractivity contribution in [3.8, 4) is 0 Å². The normalized spacial score (nSPS) is 15.2. The van der Waals surface area contributed by atoms with E-state index < -0.39 is 10.0 Å². The van der Waals surface area contributed by atoms with Crippen LogP contribution in [0.25, 0.3) is 0 Å². The fourth-order valence-electron chi connectivity index (χ4n) is 4.47. The van der Waals surface area contributed by atoms with E-state index in [1.165, 1.54) is 6.07 Å². The Kier molecular flexibility index (Phi) is 7.29. The molecule has 0 atom stereocenters. The quantitative estimate of drug-likeness (QED) is 0.335. The number of aryl methyl sites for hydroxylation is 1. The van der Waals surface area contributed by atoms with Crippen molar-refractivity contribution in [2.75, 3.05) is 17.4 Å². The van der Waals surface area contributed by atoms with Crippen LogP contribution in [0.4, 0.5) is 11.4 Å². The Labute approximate surface area is 200 Å². The number of nitro groups is 1. The summed E-state index contributed by atoms with van der Waals surface area (Å²) in [5.41, 5.74) is 2.81. The summed E-state index contributed by atoms with van der Waals surface area (Å²) in [5, 5.41) is 11.1. The molecule has 0 radical (unpaired) electrons. The standard InChI is InChI=1S/C26H29N3O4S/c1-2-21-11-13-23(14-12-21)28(34(32,33)26-9-4-3-5-10-26)24-15-17-27(18-16-24)20-22-7-6-8-25(19-22)29(30)31/h3-14,19,24H,2,15-18,20H2,1H3. The number of sulfonamides is 1. The molecule has 1 heterocycles. The summed E-state index contributed by atoms with van der Waals surface area (Å²) in [7, 11) is -3.72. The van der Waals surface area contributed by atoms with E-state index in [1.807, 2.05) is 36.4 Å². The van der Waals surface area contributed by atoms with Gasteiger partial charge in [-0.25, -0.2) is 8.42 Å². The van der Waals surface area contributed by atoms with Gasteiger partial charge in [-0.3, -0.25) is 19.3 Å². The van der Waals surface area contributed by atoms with E-state index in [0.717, 1.165) is 17.5 Å². The van der Waals surface area contributed by atoms with Gasteiger partial charge < -0.3 is 0 Å². The molecular formula is C26H29N3O4S. The molecule has 0 unspecified atom stereocenters. The molecule has 8 heteroatoms. The Morgan fingerprint density at radius 2 is 1.62 bits per heavy atom. The topological polar surface area (TPSA) is 83.8 Å². The predicted octanol–water partition coefficient (Wildman–Crippen LogP) is 5.02.